The molecule has 36 heavy (non-hydrogen) atoms. The van der Waals surface area contributed by atoms with E-state index in [1.807, 2.05) is 31.2 Å². The maximum Gasteiger partial charge on any atom is 0.254 e. The fourth-order valence-electron chi connectivity index (χ4n) is 6.45. The Morgan fingerprint density at radius 3 is 2.50 bits per heavy atom. The number of nitrogens with zero attached hydrogens (tertiary/aromatic N) is 2. The highest BCUT2D eigenvalue weighted by Crippen LogP contribution is 2.55. The topological polar surface area (TPSA) is 113 Å². The van der Waals surface area contributed by atoms with E-state index in [1.54, 1.807) is 7.11 Å². The van der Waals surface area contributed by atoms with Crippen molar-refractivity contribution in [3.63, 3.8) is 0 Å². The van der Waals surface area contributed by atoms with E-state index in [9.17, 15) is 14.7 Å². The van der Waals surface area contributed by atoms with Crippen molar-refractivity contribution in [2.24, 2.45) is 29.1 Å². The summed E-state index contributed by atoms with van der Waals surface area (Å²) in [7, 11) is 1.63. The van der Waals surface area contributed by atoms with Crippen molar-refractivity contribution in [2.45, 2.75) is 65.1 Å². The smallest absolute Gasteiger partial charge is 0.254 e. The predicted molar refractivity (Wildman–Crippen MR) is 136 cm³/mol. The van der Waals surface area contributed by atoms with Crippen molar-refractivity contribution in [2.75, 3.05) is 7.11 Å². The average molecular weight is 495 g/mol. The van der Waals surface area contributed by atoms with Crippen LogP contribution >= 0.6 is 0 Å². The van der Waals surface area contributed by atoms with E-state index in [0.717, 1.165) is 37.0 Å². The molecule has 1 aromatic carbocycles. The van der Waals surface area contributed by atoms with Crippen LogP contribution in [0, 0.1) is 29.1 Å². The van der Waals surface area contributed by atoms with Gasteiger partial charge < -0.3 is 20.5 Å². The number of nitrogens with one attached hydrogen (secondary N) is 2. The molecule has 8 nitrogen and oxygen atoms in total. The Balaban J connectivity index is 1.40. The zero-order valence-corrected chi connectivity index (χ0v) is 21.6. The van der Waals surface area contributed by atoms with E-state index in [4.69, 9.17) is 4.74 Å². The first-order chi connectivity index (χ1) is 17.2. The number of hydrogen-bond acceptors (Lipinski definition) is 6. The van der Waals surface area contributed by atoms with Gasteiger partial charge in [-0.15, -0.1) is 0 Å². The summed E-state index contributed by atoms with van der Waals surface area (Å²) >= 11 is 0. The molecule has 2 amide bonds. The Labute approximate surface area is 213 Å². The molecule has 1 heterocycles. The van der Waals surface area contributed by atoms with E-state index in [2.05, 4.69) is 34.4 Å². The second kappa shape index (κ2) is 10.9. The lowest BCUT2D eigenvalue weighted by Crippen LogP contribution is -2.58. The van der Waals surface area contributed by atoms with E-state index < -0.39 is 6.10 Å². The van der Waals surface area contributed by atoms with Crippen LogP contribution in [0.1, 0.15) is 62.4 Å². The van der Waals surface area contributed by atoms with E-state index in [-0.39, 0.29) is 46.9 Å². The number of aliphatic hydroxyl groups is 1. The molecule has 2 saturated carbocycles. The van der Waals surface area contributed by atoms with Crippen molar-refractivity contribution in [3.05, 3.63) is 54.1 Å². The molecule has 2 aliphatic carbocycles. The highest BCUT2D eigenvalue weighted by atomic mass is 16.5. The van der Waals surface area contributed by atoms with Crippen LogP contribution in [-0.4, -0.2) is 46.1 Å². The van der Waals surface area contributed by atoms with Crippen molar-refractivity contribution in [1.82, 2.24) is 20.6 Å². The second-order valence-electron chi connectivity index (χ2n) is 10.8. The maximum atomic E-state index is 13.1. The summed E-state index contributed by atoms with van der Waals surface area (Å²) in [5, 5.41) is 17.8. The van der Waals surface area contributed by atoms with E-state index in [0.29, 0.717) is 12.1 Å². The first kappa shape index (κ1) is 26.1. The third-order valence-electron chi connectivity index (χ3n) is 8.71. The summed E-state index contributed by atoms with van der Waals surface area (Å²) in [5.74, 6) is 0.175. The Bertz CT molecular complexity index is 1050. The number of ether oxygens (including phenoxy) is 1. The van der Waals surface area contributed by atoms with Crippen LogP contribution < -0.4 is 15.4 Å². The van der Waals surface area contributed by atoms with Gasteiger partial charge in [0.15, 0.2) is 0 Å². The van der Waals surface area contributed by atoms with Crippen molar-refractivity contribution < 1.29 is 19.4 Å². The first-order valence-corrected chi connectivity index (χ1v) is 12.9. The summed E-state index contributed by atoms with van der Waals surface area (Å²) in [5.41, 5.74) is 1.42. The molecule has 3 N–H and O–H groups in total. The van der Waals surface area contributed by atoms with Gasteiger partial charge in [0.1, 0.15) is 12.1 Å². The number of methoxy groups -OCH3 is 1. The number of benzene rings is 1. The minimum Gasteiger partial charge on any atom is -0.497 e. The Morgan fingerprint density at radius 1 is 1.17 bits per heavy atom. The highest BCUT2D eigenvalue weighted by molar-refractivity contribution is 5.93. The number of aromatic nitrogens is 2. The molecule has 8 heteroatoms. The number of rotatable bonds is 7. The number of aliphatic hydroxyl groups excluding tert-OH is 1. The van der Waals surface area contributed by atoms with Crippen molar-refractivity contribution in [3.8, 4) is 5.75 Å². The molecule has 0 radical (unpaired) electrons. The molecule has 194 valence electrons. The van der Waals surface area contributed by atoms with Gasteiger partial charge in [0.2, 0.25) is 5.91 Å². The number of fused-ring (bicyclic) bond motifs is 1. The first-order valence-electron chi connectivity index (χ1n) is 12.9. The Morgan fingerprint density at radius 2 is 1.83 bits per heavy atom. The molecule has 2 aromatic rings. The highest BCUT2D eigenvalue weighted by Gasteiger charge is 2.53. The van der Waals surface area contributed by atoms with Crippen molar-refractivity contribution in [1.29, 1.82) is 0 Å². The fraction of sp³-hybridized carbons (Fsp3) is 0.571. The fourth-order valence-corrected chi connectivity index (χ4v) is 6.45. The number of carbonyl (C=O) groups is 2. The number of carbonyl (C=O) groups excluding carboxylic acids is 2. The SMILES string of the molecule is COc1ccc(CNC(=O)[C@@H](C)[C@@H]2CC[C@@]3(C)CC[C@H](NC(=O)c4cncnc4)[C@@H](C)[C@@H]3[C@H]2O)cc1. The molecule has 0 unspecified atom stereocenters. The van der Waals surface area contributed by atoms with Gasteiger partial charge in [-0.25, -0.2) is 9.97 Å². The van der Waals surface area contributed by atoms with Gasteiger partial charge in [0.25, 0.3) is 5.91 Å². The second-order valence-corrected chi connectivity index (χ2v) is 10.8. The summed E-state index contributed by atoms with van der Waals surface area (Å²) in [6.07, 6.45) is 7.39. The largest absolute Gasteiger partial charge is 0.497 e. The molecule has 0 aliphatic heterocycles. The van der Waals surface area contributed by atoms with Gasteiger partial charge in [-0.2, -0.15) is 0 Å². The summed E-state index contributed by atoms with van der Waals surface area (Å²) < 4.78 is 5.19. The lowest BCUT2D eigenvalue weighted by atomic mass is 9.51. The van der Waals surface area contributed by atoms with Crippen LogP contribution in [0.15, 0.2) is 43.0 Å². The molecule has 0 saturated heterocycles. The Kier molecular flexibility index (Phi) is 7.93. The van der Waals surface area contributed by atoms with Crippen molar-refractivity contribution >= 4 is 11.8 Å². The van der Waals surface area contributed by atoms with Gasteiger partial charge in [0.05, 0.1) is 18.8 Å². The van der Waals surface area contributed by atoms with Crippen LogP contribution in [0.5, 0.6) is 5.75 Å². The number of amides is 2. The number of hydrogen-bond donors (Lipinski definition) is 3. The zero-order chi connectivity index (χ0) is 25.9. The molecule has 0 spiro atoms. The molecule has 2 fully saturated rings. The summed E-state index contributed by atoms with van der Waals surface area (Å²) in [6.45, 7) is 6.73. The normalized spacial score (nSPS) is 30.5. The van der Waals surface area contributed by atoms with Crippen LogP contribution in [0.4, 0.5) is 0 Å². The van der Waals surface area contributed by atoms with Crippen LogP contribution in [-0.2, 0) is 11.3 Å². The molecule has 2 aliphatic rings. The molecule has 7 atom stereocenters. The van der Waals surface area contributed by atoms with Crippen LogP contribution in [0.25, 0.3) is 0 Å². The van der Waals surface area contributed by atoms with Gasteiger partial charge in [-0.3, -0.25) is 9.59 Å². The minimum atomic E-state index is -0.611. The molecular formula is C28H38N4O4. The van der Waals surface area contributed by atoms with Gasteiger partial charge in [0, 0.05) is 30.9 Å². The zero-order valence-electron chi connectivity index (χ0n) is 21.6. The lowest BCUT2D eigenvalue weighted by Gasteiger charge is -2.56. The Hall–Kier alpha value is -3.00. The lowest BCUT2D eigenvalue weighted by molar-refractivity contribution is -0.142. The quantitative estimate of drug-likeness (QED) is 0.544. The molecule has 4 rings (SSSR count). The van der Waals surface area contributed by atoms with E-state index in [1.165, 1.54) is 18.7 Å². The summed E-state index contributed by atoms with van der Waals surface area (Å²) in [6, 6.07) is 7.57. The van der Waals surface area contributed by atoms with E-state index >= 15 is 0 Å². The third-order valence-corrected chi connectivity index (χ3v) is 8.71. The predicted octanol–water partition coefficient (Wildman–Crippen LogP) is 3.36. The van der Waals surface area contributed by atoms with Gasteiger partial charge in [-0.1, -0.05) is 32.9 Å². The van der Waals surface area contributed by atoms with Crippen LogP contribution in [0.3, 0.4) is 0 Å². The molecule has 1 aromatic heterocycles. The summed E-state index contributed by atoms with van der Waals surface area (Å²) in [4.78, 5) is 33.7. The minimum absolute atomic E-state index is 0.000776. The van der Waals surface area contributed by atoms with Gasteiger partial charge >= 0.3 is 0 Å². The monoisotopic (exact) mass is 494 g/mol. The standard InChI is InChI=1S/C28H38N4O4/c1-17(26(34)31-13-19-5-7-21(36-4)8-6-19)22-9-11-28(3)12-10-23(18(2)24(28)25(22)33)32-27(35)20-14-29-16-30-15-20/h5-8,14-18,22-25,33H,9-13H2,1-4H3,(H,31,34)(H,32,35)/t17-,18+,22-,23-,24+,25-,28-/m0/s1. The molecular weight excluding hydrogens is 456 g/mol. The van der Waals surface area contributed by atoms with Gasteiger partial charge in [-0.05, 0) is 66.5 Å². The molecule has 0 bridgehead atoms. The third kappa shape index (κ3) is 5.38. The average Bonchev–Trinajstić information content (AvgIpc) is 2.89. The van der Waals surface area contributed by atoms with Crippen LogP contribution in [0.2, 0.25) is 0 Å². The maximum absolute atomic E-state index is 13.1.